The van der Waals surface area contributed by atoms with Gasteiger partial charge in [0.25, 0.3) is 11.8 Å². The highest BCUT2D eigenvalue weighted by atomic mass is 79.9. The zero-order valence-corrected chi connectivity index (χ0v) is 19.9. The number of para-hydroxylation sites is 1. The zero-order valence-electron chi connectivity index (χ0n) is 17.6. The molecule has 8 heteroatoms. The summed E-state index contributed by atoms with van der Waals surface area (Å²) >= 11 is 9.44. The van der Waals surface area contributed by atoms with Crippen LogP contribution < -0.4 is 15.4 Å². The van der Waals surface area contributed by atoms with Gasteiger partial charge in [-0.05, 0) is 61.0 Å². The van der Waals surface area contributed by atoms with Crippen molar-refractivity contribution in [3.63, 3.8) is 0 Å². The van der Waals surface area contributed by atoms with E-state index in [2.05, 4.69) is 26.6 Å². The SMILES string of the molecule is Cc1cccc(NC(=O)/C(C#N)=C/c2cc(Br)ccc2OCC(=O)Nc2ccccc2Cl)c1. The Balaban J connectivity index is 1.75. The van der Waals surface area contributed by atoms with E-state index in [1.165, 1.54) is 6.08 Å². The Morgan fingerprint density at radius 2 is 1.88 bits per heavy atom. The van der Waals surface area contributed by atoms with E-state index in [9.17, 15) is 14.9 Å². The minimum absolute atomic E-state index is 0.111. The molecule has 0 aliphatic carbocycles. The van der Waals surface area contributed by atoms with Crippen LogP contribution in [0, 0.1) is 18.3 Å². The number of hydrogen-bond acceptors (Lipinski definition) is 4. The van der Waals surface area contributed by atoms with Crippen molar-refractivity contribution in [2.45, 2.75) is 6.92 Å². The minimum Gasteiger partial charge on any atom is -0.483 e. The third-order valence-electron chi connectivity index (χ3n) is 4.42. The van der Waals surface area contributed by atoms with Gasteiger partial charge in [0.05, 0.1) is 10.7 Å². The molecule has 33 heavy (non-hydrogen) atoms. The van der Waals surface area contributed by atoms with Gasteiger partial charge in [-0.2, -0.15) is 5.26 Å². The van der Waals surface area contributed by atoms with Gasteiger partial charge in [-0.25, -0.2) is 0 Å². The Hall–Kier alpha value is -3.60. The lowest BCUT2D eigenvalue weighted by molar-refractivity contribution is -0.118. The van der Waals surface area contributed by atoms with Crippen LogP contribution in [0.3, 0.4) is 0 Å². The van der Waals surface area contributed by atoms with Crippen LogP contribution in [-0.2, 0) is 9.59 Å². The van der Waals surface area contributed by atoms with Crippen LogP contribution in [0.2, 0.25) is 5.02 Å². The molecule has 0 aromatic heterocycles. The van der Waals surface area contributed by atoms with Crippen molar-refractivity contribution in [1.29, 1.82) is 5.26 Å². The predicted octanol–water partition coefficient (Wildman–Crippen LogP) is 5.97. The van der Waals surface area contributed by atoms with Crippen molar-refractivity contribution < 1.29 is 14.3 Å². The van der Waals surface area contributed by atoms with E-state index >= 15 is 0 Å². The molecule has 3 aromatic carbocycles. The third-order valence-corrected chi connectivity index (χ3v) is 5.24. The quantitative estimate of drug-likeness (QED) is 0.294. The van der Waals surface area contributed by atoms with Gasteiger partial charge < -0.3 is 15.4 Å². The Morgan fingerprint density at radius 1 is 1.09 bits per heavy atom. The molecule has 2 amide bonds. The monoisotopic (exact) mass is 523 g/mol. The van der Waals surface area contributed by atoms with Crippen molar-refractivity contribution in [2.75, 3.05) is 17.2 Å². The summed E-state index contributed by atoms with van der Waals surface area (Å²) in [4.78, 5) is 24.9. The molecular weight excluding hydrogens is 506 g/mol. The molecular formula is C25H19BrClN3O3. The summed E-state index contributed by atoms with van der Waals surface area (Å²) in [6.45, 7) is 1.62. The summed E-state index contributed by atoms with van der Waals surface area (Å²) in [5.41, 5.74) is 2.39. The molecule has 0 saturated carbocycles. The summed E-state index contributed by atoms with van der Waals surface area (Å²) < 4.78 is 6.38. The van der Waals surface area contributed by atoms with E-state index < -0.39 is 11.8 Å². The number of carbonyl (C=O) groups is 2. The van der Waals surface area contributed by atoms with Crippen LogP contribution in [0.25, 0.3) is 6.08 Å². The molecule has 0 saturated heterocycles. The van der Waals surface area contributed by atoms with Crippen LogP contribution >= 0.6 is 27.5 Å². The van der Waals surface area contributed by atoms with E-state index in [4.69, 9.17) is 16.3 Å². The Kier molecular flexibility index (Phi) is 8.25. The van der Waals surface area contributed by atoms with E-state index in [0.717, 1.165) is 10.0 Å². The largest absolute Gasteiger partial charge is 0.483 e. The van der Waals surface area contributed by atoms with Gasteiger partial charge in [-0.15, -0.1) is 0 Å². The third kappa shape index (κ3) is 6.94. The lowest BCUT2D eigenvalue weighted by atomic mass is 10.1. The van der Waals surface area contributed by atoms with Crippen LogP contribution in [-0.4, -0.2) is 18.4 Å². The minimum atomic E-state index is -0.550. The molecule has 0 aliphatic rings. The Bertz CT molecular complexity index is 1270. The number of halogens is 2. The van der Waals surface area contributed by atoms with E-state index in [1.54, 1.807) is 54.6 Å². The lowest BCUT2D eigenvalue weighted by Crippen LogP contribution is -2.20. The van der Waals surface area contributed by atoms with Crippen molar-refractivity contribution in [3.05, 3.63) is 92.9 Å². The van der Waals surface area contributed by atoms with Crippen molar-refractivity contribution in [1.82, 2.24) is 0 Å². The van der Waals surface area contributed by atoms with Gasteiger partial charge in [0.15, 0.2) is 6.61 Å². The molecule has 3 rings (SSSR count). The van der Waals surface area contributed by atoms with Crippen LogP contribution in [0.1, 0.15) is 11.1 Å². The first-order chi connectivity index (χ1) is 15.9. The first-order valence-electron chi connectivity index (χ1n) is 9.82. The second-order valence-electron chi connectivity index (χ2n) is 6.99. The standard InChI is InChI=1S/C25H19BrClN3O3/c1-16-5-4-6-20(11-16)29-25(32)18(14-28)12-17-13-19(26)9-10-23(17)33-15-24(31)30-22-8-3-2-7-21(22)27/h2-13H,15H2,1H3,(H,29,32)(H,30,31)/b18-12+. The number of carbonyl (C=O) groups excluding carboxylic acids is 2. The molecule has 0 fully saturated rings. The molecule has 0 heterocycles. The molecule has 0 spiro atoms. The van der Waals surface area contributed by atoms with E-state index in [0.29, 0.717) is 27.7 Å². The lowest BCUT2D eigenvalue weighted by Gasteiger charge is -2.11. The average Bonchev–Trinajstić information content (AvgIpc) is 2.78. The normalized spacial score (nSPS) is 10.8. The van der Waals surface area contributed by atoms with Crippen molar-refractivity contribution in [3.8, 4) is 11.8 Å². The highest BCUT2D eigenvalue weighted by Gasteiger charge is 2.13. The van der Waals surface area contributed by atoms with E-state index in [-0.39, 0.29) is 12.2 Å². The molecule has 2 N–H and O–H groups in total. The number of nitrogens with one attached hydrogen (secondary N) is 2. The van der Waals surface area contributed by atoms with Gasteiger partial charge in [-0.3, -0.25) is 9.59 Å². The first kappa shape index (κ1) is 24.1. The first-order valence-corrected chi connectivity index (χ1v) is 11.0. The van der Waals surface area contributed by atoms with Gasteiger partial charge in [-0.1, -0.05) is 51.8 Å². The fourth-order valence-electron chi connectivity index (χ4n) is 2.88. The number of aryl methyl sites for hydroxylation is 1. The average molecular weight is 525 g/mol. The molecule has 6 nitrogen and oxygen atoms in total. The number of nitrogens with zero attached hydrogens (tertiary/aromatic N) is 1. The Morgan fingerprint density at radius 3 is 2.61 bits per heavy atom. The fourth-order valence-corrected chi connectivity index (χ4v) is 3.44. The summed E-state index contributed by atoms with van der Waals surface area (Å²) in [7, 11) is 0. The highest BCUT2D eigenvalue weighted by Crippen LogP contribution is 2.26. The van der Waals surface area contributed by atoms with Crippen LogP contribution in [0.15, 0.2) is 76.8 Å². The van der Waals surface area contributed by atoms with Gasteiger partial charge in [0.1, 0.15) is 17.4 Å². The summed E-state index contributed by atoms with van der Waals surface area (Å²) in [5, 5.41) is 15.4. The number of ether oxygens (including phenoxy) is 1. The number of hydrogen-bond donors (Lipinski definition) is 2. The van der Waals surface area contributed by atoms with Crippen molar-refractivity contribution >= 4 is 56.8 Å². The highest BCUT2D eigenvalue weighted by molar-refractivity contribution is 9.10. The summed E-state index contributed by atoms with van der Waals surface area (Å²) in [6, 6.07) is 21.1. The molecule has 0 bridgehead atoms. The zero-order chi connectivity index (χ0) is 23.8. The van der Waals surface area contributed by atoms with Gasteiger partial charge in [0.2, 0.25) is 0 Å². The summed E-state index contributed by atoms with van der Waals surface area (Å²) in [6.07, 6.45) is 1.41. The topological polar surface area (TPSA) is 91.2 Å². The smallest absolute Gasteiger partial charge is 0.266 e. The van der Waals surface area contributed by atoms with Gasteiger partial charge in [0, 0.05) is 15.7 Å². The fraction of sp³-hybridized carbons (Fsp3) is 0.0800. The second-order valence-corrected chi connectivity index (χ2v) is 8.32. The number of benzene rings is 3. The predicted molar refractivity (Wildman–Crippen MR) is 133 cm³/mol. The van der Waals surface area contributed by atoms with E-state index in [1.807, 2.05) is 25.1 Å². The number of rotatable bonds is 7. The molecule has 0 unspecified atom stereocenters. The molecule has 3 aromatic rings. The van der Waals surface area contributed by atoms with Crippen molar-refractivity contribution in [2.24, 2.45) is 0 Å². The summed E-state index contributed by atoms with van der Waals surface area (Å²) in [5.74, 6) is -0.618. The van der Waals surface area contributed by atoms with Crippen LogP contribution in [0.5, 0.6) is 5.75 Å². The second kappa shape index (κ2) is 11.3. The Labute approximate surface area is 205 Å². The van der Waals surface area contributed by atoms with Gasteiger partial charge >= 0.3 is 0 Å². The molecule has 166 valence electrons. The molecule has 0 radical (unpaired) electrons. The molecule has 0 aliphatic heterocycles. The maximum atomic E-state index is 12.6. The maximum Gasteiger partial charge on any atom is 0.266 e. The van der Waals surface area contributed by atoms with Crippen LogP contribution in [0.4, 0.5) is 11.4 Å². The number of anilines is 2. The number of nitriles is 1. The maximum absolute atomic E-state index is 12.6. The number of amides is 2. The molecule has 0 atom stereocenters.